The number of hydrogen-bond acceptors (Lipinski definition) is 2. The Morgan fingerprint density at radius 1 is 0.895 bits per heavy atom. The van der Waals surface area contributed by atoms with Crippen molar-refractivity contribution in [2.75, 3.05) is 7.11 Å². The second-order valence-corrected chi connectivity index (χ2v) is 4.42. The number of methoxy groups -OCH3 is 1. The van der Waals surface area contributed by atoms with Gasteiger partial charge in [-0.15, -0.1) is 0 Å². The van der Waals surface area contributed by atoms with Gasteiger partial charge in [-0.05, 0) is 49.2 Å². The SMILES string of the molecule is COc1c(C)cc(F)cc1-c1cc(F)cc(C)c1O. The summed E-state index contributed by atoms with van der Waals surface area (Å²) < 4.78 is 32.2. The van der Waals surface area contributed by atoms with Gasteiger partial charge in [-0.3, -0.25) is 0 Å². The molecule has 0 spiro atoms. The van der Waals surface area contributed by atoms with Crippen LogP contribution in [0.4, 0.5) is 8.78 Å². The van der Waals surface area contributed by atoms with Crippen LogP contribution in [-0.2, 0) is 0 Å². The van der Waals surface area contributed by atoms with Crippen LogP contribution in [0.3, 0.4) is 0 Å². The third kappa shape index (κ3) is 2.38. The van der Waals surface area contributed by atoms with Crippen molar-refractivity contribution in [1.82, 2.24) is 0 Å². The molecular weight excluding hydrogens is 250 g/mol. The minimum atomic E-state index is -0.491. The van der Waals surface area contributed by atoms with E-state index in [2.05, 4.69) is 0 Å². The maximum absolute atomic E-state index is 13.5. The van der Waals surface area contributed by atoms with Gasteiger partial charge >= 0.3 is 0 Å². The van der Waals surface area contributed by atoms with E-state index in [1.54, 1.807) is 13.8 Å². The van der Waals surface area contributed by atoms with Crippen LogP contribution in [0.1, 0.15) is 11.1 Å². The smallest absolute Gasteiger partial charge is 0.129 e. The van der Waals surface area contributed by atoms with E-state index in [0.29, 0.717) is 22.4 Å². The monoisotopic (exact) mass is 264 g/mol. The van der Waals surface area contributed by atoms with Crippen LogP contribution in [0.5, 0.6) is 11.5 Å². The van der Waals surface area contributed by atoms with E-state index >= 15 is 0 Å². The van der Waals surface area contributed by atoms with Gasteiger partial charge in [0, 0.05) is 11.1 Å². The molecular formula is C15H14F2O2. The van der Waals surface area contributed by atoms with Crippen LogP contribution in [0.25, 0.3) is 11.1 Å². The van der Waals surface area contributed by atoms with E-state index in [-0.39, 0.29) is 11.3 Å². The average Bonchev–Trinajstić information content (AvgIpc) is 2.33. The number of benzene rings is 2. The maximum Gasteiger partial charge on any atom is 0.129 e. The summed E-state index contributed by atoms with van der Waals surface area (Å²) >= 11 is 0. The highest BCUT2D eigenvalue weighted by Gasteiger charge is 2.16. The summed E-state index contributed by atoms with van der Waals surface area (Å²) in [6, 6.07) is 4.93. The van der Waals surface area contributed by atoms with Crippen molar-refractivity contribution in [2.45, 2.75) is 13.8 Å². The molecule has 2 aromatic rings. The molecule has 0 aliphatic rings. The van der Waals surface area contributed by atoms with Crippen LogP contribution in [0.2, 0.25) is 0 Å². The van der Waals surface area contributed by atoms with E-state index in [9.17, 15) is 13.9 Å². The molecule has 0 heterocycles. The number of hydrogen-bond donors (Lipinski definition) is 1. The van der Waals surface area contributed by atoms with Crippen LogP contribution >= 0.6 is 0 Å². The predicted molar refractivity (Wildman–Crippen MR) is 69.5 cm³/mol. The van der Waals surface area contributed by atoms with Gasteiger partial charge in [-0.1, -0.05) is 0 Å². The van der Waals surface area contributed by atoms with E-state index in [4.69, 9.17) is 4.74 Å². The summed E-state index contributed by atoms with van der Waals surface area (Å²) in [4.78, 5) is 0. The molecule has 0 bridgehead atoms. The van der Waals surface area contributed by atoms with Crippen molar-refractivity contribution in [2.24, 2.45) is 0 Å². The first-order valence-corrected chi connectivity index (χ1v) is 5.77. The van der Waals surface area contributed by atoms with Gasteiger partial charge in [-0.25, -0.2) is 8.78 Å². The predicted octanol–water partition coefficient (Wildman–Crippen LogP) is 3.96. The maximum atomic E-state index is 13.5. The second kappa shape index (κ2) is 4.88. The highest BCUT2D eigenvalue weighted by atomic mass is 19.1. The summed E-state index contributed by atoms with van der Waals surface area (Å²) in [5.41, 5.74) is 1.52. The molecule has 0 atom stereocenters. The van der Waals surface area contributed by atoms with Crippen molar-refractivity contribution < 1.29 is 18.6 Å². The standard InChI is InChI=1S/C15H14F2O2/c1-8-4-10(16)6-12(14(8)18)13-7-11(17)5-9(2)15(13)19-3/h4-7,18H,1-3H3. The molecule has 1 N–H and O–H groups in total. The topological polar surface area (TPSA) is 29.5 Å². The lowest BCUT2D eigenvalue weighted by Gasteiger charge is -2.14. The molecule has 19 heavy (non-hydrogen) atoms. The molecule has 0 aliphatic heterocycles. The van der Waals surface area contributed by atoms with Gasteiger partial charge in [0.1, 0.15) is 23.1 Å². The number of phenolic OH excluding ortho intramolecular Hbond substituents is 1. The Hall–Kier alpha value is -2.10. The molecule has 0 unspecified atom stereocenters. The van der Waals surface area contributed by atoms with Gasteiger partial charge in [0.15, 0.2) is 0 Å². The molecule has 4 heteroatoms. The fraction of sp³-hybridized carbons (Fsp3) is 0.200. The highest BCUT2D eigenvalue weighted by molar-refractivity contribution is 5.78. The Balaban J connectivity index is 2.78. The number of aryl methyl sites for hydroxylation is 2. The number of halogens is 2. The number of rotatable bonds is 2. The van der Waals surface area contributed by atoms with Crippen LogP contribution in [0.15, 0.2) is 24.3 Å². The molecule has 0 radical (unpaired) electrons. The Bertz CT molecular complexity index is 637. The van der Waals surface area contributed by atoms with Crippen LogP contribution in [0, 0.1) is 25.5 Å². The molecule has 100 valence electrons. The summed E-state index contributed by atoms with van der Waals surface area (Å²) in [5, 5.41) is 10.0. The van der Waals surface area contributed by atoms with Gasteiger partial charge < -0.3 is 9.84 Å². The summed E-state index contributed by atoms with van der Waals surface area (Å²) in [5.74, 6) is -0.615. The third-order valence-electron chi connectivity index (χ3n) is 3.00. The van der Waals surface area contributed by atoms with Crippen molar-refractivity contribution in [3.63, 3.8) is 0 Å². The Kier molecular flexibility index (Phi) is 3.42. The fourth-order valence-corrected chi connectivity index (χ4v) is 2.14. The number of aromatic hydroxyl groups is 1. The van der Waals surface area contributed by atoms with E-state index < -0.39 is 11.6 Å². The molecule has 0 amide bonds. The van der Waals surface area contributed by atoms with Crippen LogP contribution < -0.4 is 4.74 Å². The van der Waals surface area contributed by atoms with Gasteiger partial charge in [0.25, 0.3) is 0 Å². The molecule has 2 nitrogen and oxygen atoms in total. The first-order valence-electron chi connectivity index (χ1n) is 5.77. The summed E-state index contributed by atoms with van der Waals surface area (Å²) in [6.45, 7) is 3.27. The first-order chi connectivity index (χ1) is 8.93. The summed E-state index contributed by atoms with van der Waals surface area (Å²) in [6.07, 6.45) is 0. The zero-order valence-electron chi connectivity index (χ0n) is 10.9. The normalized spacial score (nSPS) is 10.6. The fourth-order valence-electron chi connectivity index (χ4n) is 2.14. The molecule has 0 saturated heterocycles. The van der Waals surface area contributed by atoms with E-state index in [0.717, 1.165) is 0 Å². The average molecular weight is 264 g/mol. The molecule has 0 aliphatic carbocycles. The second-order valence-electron chi connectivity index (χ2n) is 4.42. The van der Waals surface area contributed by atoms with E-state index in [1.165, 1.54) is 31.4 Å². The molecule has 0 saturated carbocycles. The molecule has 0 fully saturated rings. The molecule has 2 rings (SSSR count). The number of ether oxygens (including phenoxy) is 1. The Morgan fingerprint density at radius 3 is 2.00 bits per heavy atom. The minimum Gasteiger partial charge on any atom is -0.507 e. The number of phenols is 1. The summed E-state index contributed by atoms with van der Waals surface area (Å²) in [7, 11) is 1.45. The van der Waals surface area contributed by atoms with Crippen molar-refractivity contribution in [3.8, 4) is 22.6 Å². The zero-order chi connectivity index (χ0) is 14.2. The highest BCUT2D eigenvalue weighted by Crippen LogP contribution is 2.40. The van der Waals surface area contributed by atoms with Crippen molar-refractivity contribution in [3.05, 3.63) is 47.0 Å². The lowest BCUT2D eigenvalue weighted by Crippen LogP contribution is -1.95. The Labute approximate surface area is 110 Å². The first kappa shape index (κ1) is 13.3. The lowest BCUT2D eigenvalue weighted by atomic mass is 9.98. The Morgan fingerprint density at radius 2 is 1.42 bits per heavy atom. The molecule has 2 aromatic carbocycles. The quantitative estimate of drug-likeness (QED) is 0.889. The third-order valence-corrected chi connectivity index (χ3v) is 3.00. The van der Waals surface area contributed by atoms with Gasteiger partial charge in [0.2, 0.25) is 0 Å². The van der Waals surface area contributed by atoms with Crippen molar-refractivity contribution in [1.29, 1.82) is 0 Å². The minimum absolute atomic E-state index is 0.0790. The zero-order valence-corrected chi connectivity index (χ0v) is 10.9. The van der Waals surface area contributed by atoms with Gasteiger partial charge in [-0.2, -0.15) is 0 Å². The van der Waals surface area contributed by atoms with Crippen molar-refractivity contribution >= 4 is 0 Å². The van der Waals surface area contributed by atoms with Crippen LogP contribution in [-0.4, -0.2) is 12.2 Å². The lowest BCUT2D eigenvalue weighted by molar-refractivity contribution is 0.411. The largest absolute Gasteiger partial charge is 0.507 e. The van der Waals surface area contributed by atoms with Gasteiger partial charge in [0.05, 0.1) is 7.11 Å². The molecule has 0 aromatic heterocycles. The van der Waals surface area contributed by atoms with E-state index in [1.807, 2.05) is 0 Å².